The van der Waals surface area contributed by atoms with E-state index in [1.807, 2.05) is 41.3 Å². The fourth-order valence-electron chi connectivity index (χ4n) is 4.90. The van der Waals surface area contributed by atoms with Crippen LogP contribution < -0.4 is 16.2 Å². The second-order valence-electron chi connectivity index (χ2n) is 9.02. The Labute approximate surface area is 198 Å². The number of anilines is 1. The van der Waals surface area contributed by atoms with Gasteiger partial charge in [-0.05, 0) is 83.2 Å². The zero-order chi connectivity index (χ0) is 24.0. The Bertz CT molecular complexity index is 1310. The van der Waals surface area contributed by atoms with Gasteiger partial charge in [-0.25, -0.2) is 0 Å². The van der Waals surface area contributed by atoms with Gasteiger partial charge in [-0.1, -0.05) is 12.1 Å². The molecule has 0 aromatic heterocycles. The zero-order valence-corrected chi connectivity index (χ0v) is 19.4. The molecule has 0 bridgehead atoms. The number of benzene rings is 3. The summed E-state index contributed by atoms with van der Waals surface area (Å²) >= 11 is 0. The molecule has 3 aromatic rings. The number of nitrogens with zero attached hydrogens (tertiary/aromatic N) is 2. The van der Waals surface area contributed by atoms with E-state index in [4.69, 9.17) is 16.2 Å². The second kappa shape index (κ2) is 8.50. The normalized spacial score (nSPS) is 15.1. The minimum absolute atomic E-state index is 0.0524. The molecule has 0 spiro atoms. The third-order valence-corrected chi connectivity index (χ3v) is 6.88. The highest BCUT2D eigenvalue weighted by molar-refractivity contribution is 6.01. The lowest BCUT2D eigenvalue weighted by Crippen LogP contribution is -2.47. The van der Waals surface area contributed by atoms with E-state index in [0.717, 1.165) is 59.6 Å². The van der Waals surface area contributed by atoms with Crippen molar-refractivity contribution in [1.29, 1.82) is 0 Å². The number of hydrogen-bond donors (Lipinski definition) is 2. The van der Waals surface area contributed by atoms with Gasteiger partial charge in [-0.3, -0.25) is 9.59 Å². The number of primary amides is 1. The number of ether oxygens (including phenoxy) is 1. The molecule has 34 heavy (non-hydrogen) atoms. The smallest absolute Gasteiger partial charge is 0.253 e. The number of rotatable bonds is 4. The van der Waals surface area contributed by atoms with Gasteiger partial charge in [-0.2, -0.15) is 0 Å². The van der Waals surface area contributed by atoms with Gasteiger partial charge in [0.25, 0.3) is 5.91 Å². The van der Waals surface area contributed by atoms with E-state index in [9.17, 15) is 9.59 Å². The molecule has 1 aliphatic heterocycles. The number of piperazine rings is 1. The summed E-state index contributed by atoms with van der Waals surface area (Å²) in [6, 6.07) is 15.3. The lowest BCUT2D eigenvalue weighted by molar-refractivity contribution is 0.0664. The molecule has 1 aliphatic carbocycles. The molecule has 1 fully saturated rings. The molecule has 1 heterocycles. The van der Waals surface area contributed by atoms with Crippen LogP contribution >= 0.6 is 0 Å². The maximum atomic E-state index is 13.1. The maximum Gasteiger partial charge on any atom is 0.253 e. The quantitative estimate of drug-likeness (QED) is 0.460. The van der Waals surface area contributed by atoms with Gasteiger partial charge in [-0.15, -0.1) is 0 Å². The lowest BCUT2D eigenvalue weighted by atomic mass is 9.93. The van der Waals surface area contributed by atoms with Crippen LogP contribution in [0.15, 0.2) is 48.5 Å². The van der Waals surface area contributed by atoms with Gasteiger partial charge in [0.15, 0.2) is 0 Å². The first-order valence-electron chi connectivity index (χ1n) is 11.4. The number of nitrogens with two attached hydrogens (primary N) is 2. The van der Waals surface area contributed by atoms with Gasteiger partial charge < -0.3 is 26.0 Å². The fourth-order valence-corrected chi connectivity index (χ4v) is 4.90. The van der Waals surface area contributed by atoms with Crippen molar-refractivity contribution in [3.8, 4) is 28.0 Å². The van der Waals surface area contributed by atoms with E-state index in [0.29, 0.717) is 29.0 Å². The van der Waals surface area contributed by atoms with Crippen LogP contribution in [0.5, 0.6) is 5.75 Å². The number of carbonyl (C=O) groups excluding carboxylic acids is 2. The molecule has 0 atom stereocenters. The summed E-state index contributed by atoms with van der Waals surface area (Å²) in [5.74, 6) is 0.157. The fraction of sp³-hybridized carbons (Fsp3) is 0.259. The molecule has 7 nitrogen and oxygen atoms in total. The zero-order valence-electron chi connectivity index (χ0n) is 19.4. The van der Waals surface area contributed by atoms with Crippen molar-refractivity contribution in [1.82, 2.24) is 9.80 Å². The summed E-state index contributed by atoms with van der Waals surface area (Å²) in [7, 11) is 3.64. The summed E-state index contributed by atoms with van der Waals surface area (Å²) in [6.07, 6.45) is 0.568. The van der Waals surface area contributed by atoms with Crippen molar-refractivity contribution in [2.75, 3.05) is 46.1 Å². The molecule has 5 rings (SSSR count). The van der Waals surface area contributed by atoms with Crippen LogP contribution in [0, 0.1) is 0 Å². The minimum atomic E-state index is -0.470. The highest BCUT2D eigenvalue weighted by atomic mass is 16.5. The van der Waals surface area contributed by atoms with E-state index in [2.05, 4.69) is 18.0 Å². The molecule has 0 radical (unpaired) electrons. The van der Waals surface area contributed by atoms with Gasteiger partial charge in [0.1, 0.15) is 5.75 Å². The van der Waals surface area contributed by atoms with Crippen molar-refractivity contribution in [3.63, 3.8) is 0 Å². The van der Waals surface area contributed by atoms with E-state index in [1.54, 1.807) is 13.2 Å². The van der Waals surface area contributed by atoms with Crippen molar-refractivity contribution < 1.29 is 14.3 Å². The lowest BCUT2D eigenvalue weighted by Gasteiger charge is -2.32. The third-order valence-electron chi connectivity index (χ3n) is 6.88. The highest BCUT2D eigenvalue weighted by Crippen LogP contribution is 2.42. The number of nitrogen functional groups attached to an aromatic ring is 1. The number of likely N-dealkylation sites (N-methyl/N-ethyl adjacent to an activating group) is 1. The Kier molecular flexibility index (Phi) is 5.49. The number of fused-ring (bicyclic) bond motifs is 3. The van der Waals surface area contributed by atoms with Crippen LogP contribution in [0.1, 0.15) is 31.8 Å². The maximum absolute atomic E-state index is 13.1. The standard InChI is InChI=1S/C27H28N4O3/c1-30-7-9-31(10-8-30)27(33)17-3-5-20-19(11-17)14-22-21(20)12-18(13-23(22)26(29)32)16-4-6-24(28)25(15-16)34-2/h3-6,11-13,15H,7-10,14,28H2,1-2H3,(H2,29,32). The summed E-state index contributed by atoms with van der Waals surface area (Å²) in [5.41, 5.74) is 19.1. The summed E-state index contributed by atoms with van der Waals surface area (Å²) < 4.78 is 5.37. The van der Waals surface area contributed by atoms with Crippen molar-refractivity contribution in [2.45, 2.75) is 6.42 Å². The Morgan fingerprint density at radius 1 is 0.912 bits per heavy atom. The van der Waals surface area contributed by atoms with Crippen LogP contribution in [-0.2, 0) is 6.42 Å². The van der Waals surface area contributed by atoms with Crippen molar-refractivity contribution in [2.24, 2.45) is 5.73 Å². The number of methoxy groups -OCH3 is 1. The molecule has 0 saturated carbocycles. The van der Waals surface area contributed by atoms with E-state index in [1.165, 1.54) is 0 Å². The number of carbonyl (C=O) groups is 2. The van der Waals surface area contributed by atoms with Gasteiger partial charge in [0, 0.05) is 37.3 Å². The highest BCUT2D eigenvalue weighted by Gasteiger charge is 2.27. The van der Waals surface area contributed by atoms with Crippen molar-refractivity contribution >= 4 is 17.5 Å². The third kappa shape index (κ3) is 3.78. The van der Waals surface area contributed by atoms with Crippen LogP contribution in [0.25, 0.3) is 22.3 Å². The SMILES string of the molecule is COc1cc(-c2cc(C(N)=O)c3c(c2)-c2ccc(C(=O)N4CCN(C)CC4)cc2C3)ccc1N. The summed E-state index contributed by atoms with van der Waals surface area (Å²) in [6.45, 7) is 3.21. The average molecular weight is 457 g/mol. The summed E-state index contributed by atoms with van der Waals surface area (Å²) in [5, 5.41) is 0. The predicted molar refractivity (Wildman–Crippen MR) is 133 cm³/mol. The van der Waals surface area contributed by atoms with Crippen molar-refractivity contribution in [3.05, 3.63) is 70.8 Å². The molecule has 174 valence electrons. The average Bonchev–Trinajstić information content (AvgIpc) is 3.21. The Hall–Kier alpha value is -3.84. The Morgan fingerprint density at radius 3 is 2.38 bits per heavy atom. The molecule has 2 amide bonds. The first-order valence-corrected chi connectivity index (χ1v) is 11.4. The van der Waals surface area contributed by atoms with Gasteiger partial charge in [0.2, 0.25) is 5.91 Å². The molecular formula is C27H28N4O3. The van der Waals surface area contributed by atoms with Crippen LogP contribution in [0.4, 0.5) is 5.69 Å². The monoisotopic (exact) mass is 456 g/mol. The molecule has 0 unspecified atom stereocenters. The molecule has 3 aromatic carbocycles. The molecular weight excluding hydrogens is 428 g/mol. The topological polar surface area (TPSA) is 102 Å². The van der Waals surface area contributed by atoms with Crippen LogP contribution in [-0.4, -0.2) is 62.0 Å². The molecule has 7 heteroatoms. The van der Waals surface area contributed by atoms with E-state index < -0.39 is 5.91 Å². The van der Waals surface area contributed by atoms with Crippen LogP contribution in [0.2, 0.25) is 0 Å². The molecule has 4 N–H and O–H groups in total. The molecule has 1 saturated heterocycles. The predicted octanol–water partition coefficient (Wildman–Crippen LogP) is 3.00. The van der Waals surface area contributed by atoms with E-state index >= 15 is 0 Å². The Balaban J connectivity index is 1.54. The van der Waals surface area contributed by atoms with Gasteiger partial charge >= 0.3 is 0 Å². The molecule has 2 aliphatic rings. The summed E-state index contributed by atoms with van der Waals surface area (Å²) in [4.78, 5) is 29.6. The van der Waals surface area contributed by atoms with E-state index in [-0.39, 0.29) is 5.91 Å². The second-order valence-corrected chi connectivity index (χ2v) is 9.02. The largest absolute Gasteiger partial charge is 0.495 e. The van der Waals surface area contributed by atoms with Crippen LogP contribution in [0.3, 0.4) is 0 Å². The van der Waals surface area contributed by atoms with Gasteiger partial charge in [0.05, 0.1) is 12.8 Å². The number of amides is 2. The Morgan fingerprint density at radius 2 is 1.68 bits per heavy atom. The minimum Gasteiger partial charge on any atom is -0.495 e. The number of hydrogen-bond acceptors (Lipinski definition) is 5. The first-order chi connectivity index (χ1) is 16.4. The first kappa shape index (κ1) is 22.0.